The van der Waals surface area contributed by atoms with E-state index in [2.05, 4.69) is 0 Å². The summed E-state index contributed by atoms with van der Waals surface area (Å²) >= 11 is 0. The minimum absolute atomic E-state index is 0.496. The highest BCUT2D eigenvalue weighted by Crippen LogP contribution is 2.31. The van der Waals surface area contributed by atoms with Gasteiger partial charge in [0.2, 0.25) is 0 Å². The summed E-state index contributed by atoms with van der Waals surface area (Å²) in [6, 6.07) is 15.7. The molecule has 2 aromatic carbocycles. The maximum Gasteiger partial charge on any atom is 0.120 e. The molecule has 0 amide bonds. The third-order valence-electron chi connectivity index (χ3n) is 3.19. The lowest BCUT2D eigenvalue weighted by Crippen LogP contribution is -2.12. The molecule has 0 aliphatic rings. The van der Waals surface area contributed by atoms with Crippen LogP contribution in [0.2, 0.25) is 0 Å². The van der Waals surface area contributed by atoms with Crippen LogP contribution in [0.25, 0.3) is 0 Å². The fourth-order valence-corrected chi connectivity index (χ4v) is 2.10. The molecule has 0 aromatic heterocycles. The second-order valence-electron chi connectivity index (χ2n) is 4.50. The van der Waals surface area contributed by atoms with E-state index in [4.69, 9.17) is 4.74 Å². The van der Waals surface area contributed by atoms with Gasteiger partial charge >= 0.3 is 0 Å². The Hall–Kier alpha value is -2.00. The van der Waals surface area contributed by atoms with Gasteiger partial charge < -0.3 is 14.7 Å². The average molecular weight is 257 g/mol. The van der Waals surface area contributed by atoms with E-state index in [9.17, 15) is 5.11 Å². The zero-order valence-electron chi connectivity index (χ0n) is 11.5. The summed E-state index contributed by atoms with van der Waals surface area (Å²) < 4.78 is 5.24. The fraction of sp³-hybridized carbons (Fsp3) is 0.250. The molecule has 19 heavy (non-hydrogen) atoms. The van der Waals surface area contributed by atoms with Crippen molar-refractivity contribution in [1.29, 1.82) is 0 Å². The second kappa shape index (κ2) is 5.76. The van der Waals surface area contributed by atoms with Gasteiger partial charge in [0, 0.05) is 30.1 Å². The van der Waals surface area contributed by atoms with Gasteiger partial charge in [-0.3, -0.25) is 0 Å². The Morgan fingerprint density at radius 3 is 2.53 bits per heavy atom. The molecule has 1 unspecified atom stereocenters. The first kappa shape index (κ1) is 13.4. The van der Waals surface area contributed by atoms with E-state index in [0.29, 0.717) is 0 Å². The first-order valence-corrected chi connectivity index (χ1v) is 6.28. The molecule has 0 aliphatic heterocycles. The molecule has 0 heterocycles. The smallest absolute Gasteiger partial charge is 0.120 e. The van der Waals surface area contributed by atoms with Crippen molar-refractivity contribution in [2.45, 2.75) is 13.0 Å². The van der Waals surface area contributed by atoms with Crippen molar-refractivity contribution in [2.75, 3.05) is 19.1 Å². The van der Waals surface area contributed by atoms with Gasteiger partial charge in [0.05, 0.1) is 13.2 Å². The number of ether oxygens (including phenoxy) is 1. The van der Waals surface area contributed by atoms with Crippen molar-refractivity contribution in [2.24, 2.45) is 0 Å². The Labute approximate surface area is 114 Å². The normalized spacial score (nSPS) is 12.0. The molecule has 0 radical (unpaired) electrons. The van der Waals surface area contributed by atoms with Gasteiger partial charge in [-0.15, -0.1) is 0 Å². The van der Waals surface area contributed by atoms with Crippen LogP contribution in [-0.4, -0.2) is 19.3 Å². The van der Waals surface area contributed by atoms with Gasteiger partial charge in [-0.1, -0.05) is 24.3 Å². The van der Waals surface area contributed by atoms with Crippen LogP contribution in [0, 0.1) is 0 Å². The van der Waals surface area contributed by atoms with E-state index >= 15 is 0 Å². The van der Waals surface area contributed by atoms with E-state index in [1.54, 1.807) is 14.0 Å². The summed E-state index contributed by atoms with van der Waals surface area (Å²) in [6.45, 7) is 1.78. The molecule has 2 rings (SSSR count). The maximum atomic E-state index is 9.85. The molecule has 0 saturated carbocycles. The molecule has 1 atom stereocenters. The lowest BCUT2D eigenvalue weighted by molar-refractivity contribution is 0.200. The summed E-state index contributed by atoms with van der Waals surface area (Å²) in [5.41, 5.74) is 2.92. The van der Waals surface area contributed by atoms with Gasteiger partial charge in [0.25, 0.3) is 0 Å². The number of rotatable bonds is 4. The van der Waals surface area contributed by atoms with Crippen LogP contribution in [0.15, 0.2) is 48.5 Å². The van der Waals surface area contributed by atoms with Crippen molar-refractivity contribution in [3.05, 3.63) is 54.1 Å². The third-order valence-corrected chi connectivity index (χ3v) is 3.19. The molecule has 100 valence electrons. The second-order valence-corrected chi connectivity index (χ2v) is 4.50. The first-order valence-electron chi connectivity index (χ1n) is 6.28. The molecule has 0 fully saturated rings. The molecule has 3 nitrogen and oxygen atoms in total. The Morgan fingerprint density at radius 1 is 1.11 bits per heavy atom. The molecule has 2 aromatic rings. The van der Waals surface area contributed by atoms with E-state index in [1.165, 1.54) is 0 Å². The highest BCUT2D eigenvalue weighted by molar-refractivity contribution is 5.67. The minimum Gasteiger partial charge on any atom is -0.497 e. The van der Waals surface area contributed by atoms with Crippen LogP contribution in [0.3, 0.4) is 0 Å². The van der Waals surface area contributed by atoms with E-state index in [1.807, 2.05) is 60.5 Å². The molecule has 0 spiro atoms. The van der Waals surface area contributed by atoms with Crippen molar-refractivity contribution in [3.63, 3.8) is 0 Å². The molecule has 0 saturated heterocycles. The number of nitrogens with zero attached hydrogens (tertiary/aromatic N) is 1. The van der Waals surface area contributed by atoms with Crippen molar-refractivity contribution in [1.82, 2.24) is 0 Å². The van der Waals surface area contributed by atoms with Crippen LogP contribution in [0.5, 0.6) is 5.75 Å². The lowest BCUT2D eigenvalue weighted by atomic mass is 10.1. The molecule has 3 heteroatoms. The summed E-state index contributed by atoms with van der Waals surface area (Å²) in [7, 11) is 3.64. The van der Waals surface area contributed by atoms with Gasteiger partial charge in [-0.05, 0) is 25.1 Å². The average Bonchev–Trinajstić information content (AvgIpc) is 2.46. The lowest BCUT2D eigenvalue weighted by Gasteiger charge is -2.24. The Morgan fingerprint density at radius 2 is 1.84 bits per heavy atom. The van der Waals surface area contributed by atoms with Crippen LogP contribution in [0.4, 0.5) is 11.4 Å². The highest BCUT2D eigenvalue weighted by atomic mass is 16.5. The topological polar surface area (TPSA) is 32.7 Å². The largest absolute Gasteiger partial charge is 0.497 e. The third kappa shape index (κ3) is 2.88. The number of hydrogen-bond acceptors (Lipinski definition) is 3. The van der Waals surface area contributed by atoms with Gasteiger partial charge in [0.1, 0.15) is 5.75 Å². The number of hydrogen-bond donors (Lipinski definition) is 1. The fourth-order valence-electron chi connectivity index (χ4n) is 2.10. The van der Waals surface area contributed by atoms with Crippen LogP contribution >= 0.6 is 0 Å². The number of anilines is 2. The zero-order chi connectivity index (χ0) is 13.8. The minimum atomic E-state index is -0.496. The predicted octanol–water partition coefficient (Wildman–Crippen LogP) is 3.52. The first-order chi connectivity index (χ1) is 9.13. The Balaban J connectivity index is 2.40. The highest BCUT2D eigenvalue weighted by Gasteiger charge is 2.12. The standard InChI is InChI=1S/C16H19NO2/c1-12(18)15-9-4-5-10-16(15)17(2)13-7-6-8-14(11-13)19-3/h4-12,18H,1-3H3. The van der Waals surface area contributed by atoms with Gasteiger partial charge in [0.15, 0.2) is 0 Å². The molecule has 1 N–H and O–H groups in total. The van der Waals surface area contributed by atoms with Crippen molar-refractivity contribution in [3.8, 4) is 5.75 Å². The SMILES string of the molecule is COc1cccc(N(C)c2ccccc2C(C)O)c1. The summed E-state index contributed by atoms with van der Waals surface area (Å²) in [6.07, 6.45) is -0.496. The molecule has 0 bridgehead atoms. The van der Waals surface area contributed by atoms with Crippen LogP contribution in [0.1, 0.15) is 18.6 Å². The summed E-state index contributed by atoms with van der Waals surface area (Å²) in [5, 5.41) is 9.85. The summed E-state index contributed by atoms with van der Waals surface area (Å²) in [5.74, 6) is 0.818. The Bertz CT molecular complexity index is 552. The number of aliphatic hydroxyl groups excluding tert-OH is 1. The number of para-hydroxylation sites is 1. The zero-order valence-corrected chi connectivity index (χ0v) is 11.5. The quantitative estimate of drug-likeness (QED) is 0.909. The number of methoxy groups -OCH3 is 1. The molecule has 0 aliphatic carbocycles. The molecular formula is C16H19NO2. The number of aliphatic hydroxyl groups is 1. The van der Waals surface area contributed by atoms with E-state index < -0.39 is 6.10 Å². The van der Waals surface area contributed by atoms with Gasteiger partial charge in [-0.25, -0.2) is 0 Å². The van der Waals surface area contributed by atoms with Gasteiger partial charge in [-0.2, -0.15) is 0 Å². The van der Waals surface area contributed by atoms with Crippen molar-refractivity contribution < 1.29 is 9.84 Å². The van der Waals surface area contributed by atoms with Crippen molar-refractivity contribution >= 4 is 11.4 Å². The van der Waals surface area contributed by atoms with Crippen LogP contribution < -0.4 is 9.64 Å². The maximum absolute atomic E-state index is 9.85. The molecular weight excluding hydrogens is 238 g/mol. The predicted molar refractivity (Wildman–Crippen MR) is 78.1 cm³/mol. The monoisotopic (exact) mass is 257 g/mol. The Kier molecular flexibility index (Phi) is 4.07. The number of benzene rings is 2. The van der Waals surface area contributed by atoms with E-state index in [0.717, 1.165) is 22.7 Å². The summed E-state index contributed by atoms with van der Waals surface area (Å²) in [4.78, 5) is 2.05. The van der Waals surface area contributed by atoms with Crippen LogP contribution in [-0.2, 0) is 0 Å². The van der Waals surface area contributed by atoms with E-state index in [-0.39, 0.29) is 0 Å².